The molecule has 0 aromatic carbocycles. The van der Waals surface area contributed by atoms with Crippen molar-refractivity contribution in [1.82, 2.24) is 5.32 Å². The van der Waals surface area contributed by atoms with Crippen LogP contribution in [0.2, 0.25) is 0 Å². The Labute approximate surface area is 63.3 Å². The fourth-order valence-electron chi connectivity index (χ4n) is 0.476. The Bertz CT molecular complexity index is 181. The first-order chi connectivity index (χ1) is 5.11. The van der Waals surface area contributed by atoms with Crippen molar-refractivity contribution >= 4 is 17.9 Å². The molecule has 0 saturated heterocycles. The number of carbonyl (C=O) groups excluding carboxylic acids is 2. The summed E-state index contributed by atoms with van der Waals surface area (Å²) in [5.41, 5.74) is 0. The normalized spacial score (nSPS) is 11.8. The fraction of sp³-hybridized carbons (Fsp3) is 0.500. The van der Waals surface area contributed by atoms with Crippen LogP contribution in [0.1, 0.15) is 6.92 Å². The number of halogens is 1. The summed E-state index contributed by atoms with van der Waals surface area (Å²) in [4.78, 5) is 20.9. The minimum atomic E-state index is -1.14. The Morgan fingerprint density at radius 2 is 2.27 bits per heavy atom. The average Bonchev–Trinajstić information content (AvgIpc) is 2.02. The van der Waals surface area contributed by atoms with E-state index in [9.17, 15) is 14.0 Å². The van der Waals surface area contributed by atoms with Crippen molar-refractivity contribution in [3.8, 4) is 0 Å². The number of rotatable bonds is 4. The molecule has 1 unspecified atom stereocenters. The van der Waals surface area contributed by atoms with Crippen molar-refractivity contribution in [3.63, 3.8) is 0 Å². The largest absolute Gasteiger partial charge is 0.344 e. The van der Waals surface area contributed by atoms with E-state index in [-0.39, 0.29) is 0 Å². The highest BCUT2D eigenvalue weighted by Crippen LogP contribution is 1.82. The second-order valence-corrected chi connectivity index (χ2v) is 1.97. The zero-order chi connectivity index (χ0) is 8.85. The maximum atomic E-state index is 11.5. The number of ketones is 1. The van der Waals surface area contributed by atoms with E-state index < -0.39 is 24.4 Å². The fourth-order valence-corrected chi connectivity index (χ4v) is 0.476. The first-order valence-electron chi connectivity index (χ1n) is 3.01. The van der Waals surface area contributed by atoms with Gasteiger partial charge in [0.2, 0.25) is 0 Å². The maximum Gasteiger partial charge on any atom is 0.251 e. The van der Waals surface area contributed by atoms with Crippen LogP contribution in [0, 0.1) is 5.41 Å². The Balaban J connectivity index is 3.86. The van der Waals surface area contributed by atoms with Gasteiger partial charge in [0.15, 0.2) is 12.5 Å². The highest BCUT2D eigenvalue weighted by Gasteiger charge is 2.11. The molecule has 1 atom stereocenters. The number of carbonyl (C=O) groups is 2. The van der Waals surface area contributed by atoms with Crippen LogP contribution in [-0.4, -0.2) is 30.6 Å². The number of hydrogen-bond donors (Lipinski definition) is 2. The molecule has 0 aliphatic heterocycles. The zero-order valence-electron chi connectivity index (χ0n) is 6.06. The smallest absolute Gasteiger partial charge is 0.251 e. The Morgan fingerprint density at radius 3 is 2.64 bits per heavy atom. The quantitative estimate of drug-likeness (QED) is 0.553. The van der Waals surface area contributed by atoms with Crippen LogP contribution < -0.4 is 5.32 Å². The second-order valence-electron chi connectivity index (χ2n) is 1.97. The van der Waals surface area contributed by atoms with Gasteiger partial charge in [0, 0.05) is 0 Å². The van der Waals surface area contributed by atoms with Crippen molar-refractivity contribution in [2.24, 2.45) is 0 Å². The molecule has 0 spiro atoms. The van der Waals surface area contributed by atoms with Gasteiger partial charge in [-0.3, -0.25) is 9.59 Å². The third-order valence-electron chi connectivity index (χ3n) is 1.07. The molecule has 0 rings (SSSR count). The summed E-state index contributed by atoms with van der Waals surface area (Å²) >= 11 is 0. The van der Waals surface area contributed by atoms with Gasteiger partial charge in [0.25, 0.3) is 5.91 Å². The summed E-state index contributed by atoms with van der Waals surface area (Å²) in [5, 5.41) is 8.59. The highest BCUT2D eigenvalue weighted by molar-refractivity contribution is 6.28. The van der Waals surface area contributed by atoms with Crippen molar-refractivity contribution in [2.45, 2.75) is 13.0 Å². The monoisotopic (exact) mass is 160 g/mol. The lowest BCUT2D eigenvalue weighted by atomic mass is 10.2. The third kappa shape index (κ3) is 3.44. The molecule has 2 N–H and O–H groups in total. The van der Waals surface area contributed by atoms with E-state index in [2.05, 4.69) is 5.32 Å². The molecule has 5 heteroatoms. The van der Waals surface area contributed by atoms with Crippen molar-refractivity contribution in [1.29, 1.82) is 5.41 Å². The lowest BCUT2D eigenvalue weighted by molar-refractivity contribution is -0.125. The molecule has 0 aromatic heterocycles. The van der Waals surface area contributed by atoms with Gasteiger partial charge in [-0.15, -0.1) is 0 Å². The molecular weight excluding hydrogens is 151 g/mol. The molecule has 0 radical (unpaired) electrons. The van der Waals surface area contributed by atoms with Gasteiger partial charge >= 0.3 is 0 Å². The summed E-state index contributed by atoms with van der Waals surface area (Å²) in [6, 6.07) is -0.809. The number of Topliss-reactive ketones (excluding diaryl/α,β-unsaturated/α-hetero) is 1. The minimum Gasteiger partial charge on any atom is -0.344 e. The molecule has 0 aromatic rings. The highest BCUT2D eigenvalue weighted by atomic mass is 19.1. The number of amides is 1. The maximum absolute atomic E-state index is 11.5. The molecule has 0 fully saturated rings. The standard InChI is InChI=1S/C6H9FN2O2/c1-4(5(10)3-8)9-6(11)2-7/h3-4,8H,2H2,1H3,(H,9,11). The summed E-state index contributed by atoms with van der Waals surface area (Å²) in [5.74, 6) is -1.39. The summed E-state index contributed by atoms with van der Waals surface area (Å²) in [7, 11) is 0. The van der Waals surface area contributed by atoms with E-state index in [0.717, 1.165) is 0 Å². The molecular formula is C6H9FN2O2. The molecule has 4 nitrogen and oxygen atoms in total. The van der Waals surface area contributed by atoms with E-state index >= 15 is 0 Å². The molecule has 0 heterocycles. The molecule has 0 aliphatic carbocycles. The van der Waals surface area contributed by atoms with E-state index in [4.69, 9.17) is 5.41 Å². The van der Waals surface area contributed by atoms with Crippen LogP contribution >= 0.6 is 0 Å². The summed E-state index contributed by atoms with van der Waals surface area (Å²) in [6.07, 6.45) is 0.586. The predicted molar refractivity (Wildman–Crippen MR) is 37.4 cm³/mol. The van der Waals surface area contributed by atoms with E-state index in [1.165, 1.54) is 6.92 Å². The molecule has 62 valence electrons. The van der Waals surface area contributed by atoms with Gasteiger partial charge in [0.1, 0.15) is 0 Å². The Hall–Kier alpha value is -1.26. The van der Waals surface area contributed by atoms with Crippen molar-refractivity contribution in [2.75, 3.05) is 6.67 Å². The molecule has 0 aliphatic rings. The minimum absolute atomic E-state index is 0.549. The SMILES string of the molecule is CC(NC(=O)CF)C(=O)C=N. The summed E-state index contributed by atoms with van der Waals surface area (Å²) < 4.78 is 11.5. The van der Waals surface area contributed by atoms with Crippen LogP contribution in [0.25, 0.3) is 0 Å². The van der Waals surface area contributed by atoms with Crippen LogP contribution in [-0.2, 0) is 9.59 Å². The van der Waals surface area contributed by atoms with Crippen LogP contribution in [0.4, 0.5) is 4.39 Å². The van der Waals surface area contributed by atoms with Gasteiger partial charge in [0.05, 0.1) is 12.3 Å². The van der Waals surface area contributed by atoms with Crippen molar-refractivity contribution < 1.29 is 14.0 Å². The van der Waals surface area contributed by atoms with Crippen LogP contribution in [0.5, 0.6) is 0 Å². The predicted octanol–water partition coefficient (Wildman–Crippen LogP) is -0.321. The number of hydrogen-bond acceptors (Lipinski definition) is 3. The van der Waals surface area contributed by atoms with Gasteiger partial charge in [-0.25, -0.2) is 4.39 Å². The van der Waals surface area contributed by atoms with E-state index in [1.807, 2.05) is 0 Å². The number of nitrogens with one attached hydrogen (secondary N) is 2. The molecule has 11 heavy (non-hydrogen) atoms. The number of alkyl halides is 1. The lowest BCUT2D eigenvalue weighted by Crippen LogP contribution is -2.39. The van der Waals surface area contributed by atoms with Gasteiger partial charge in [-0.05, 0) is 6.92 Å². The van der Waals surface area contributed by atoms with Crippen molar-refractivity contribution in [3.05, 3.63) is 0 Å². The average molecular weight is 160 g/mol. The zero-order valence-corrected chi connectivity index (χ0v) is 6.06. The van der Waals surface area contributed by atoms with E-state index in [0.29, 0.717) is 6.21 Å². The Morgan fingerprint density at radius 1 is 1.73 bits per heavy atom. The molecule has 0 saturated carbocycles. The van der Waals surface area contributed by atoms with Gasteiger partial charge < -0.3 is 10.7 Å². The summed E-state index contributed by atoms with van der Waals surface area (Å²) in [6.45, 7) is 0.247. The van der Waals surface area contributed by atoms with Crippen LogP contribution in [0.3, 0.4) is 0 Å². The first-order valence-corrected chi connectivity index (χ1v) is 3.01. The molecule has 0 bridgehead atoms. The molecule has 1 amide bonds. The van der Waals surface area contributed by atoms with Gasteiger partial charge in [-0.2, -0.15) is 0 Å². The van der Waals surface area contributed by atoms with E-state index in [1.54, 1.807) is 0 Å². The lowest BCUT2D eigenvalue weighted by Gasteiger charge is -2.07. The van der Waals surface area contributed by atoms with Crippen LogP contribution in [0.15, 0.2) is 0 Å². The topological polar surface area (TPSA) is 70.0 Å². The third-order valence-corrected chi connectivity index (χ3v) is 1.07. The Kier molecular flexibility index (Phi) is 4.02. The van der Waals surface area contributed by atoms with Gasteiger partial charge in [-0.1, -0.05) is 0 Å². The second kappa shape index (κ2) is 4.54. The first kappa shape index (κ1) is 9.74.